The molecule has 1 aromatic rings. The second kappa shape index (κ2) is 8.61. The number of carbonyl (C=O) groups is 1. The van der Waals surface area contributed by atoms with Crippen LogP contribution in [0.15, 0.2) is 18.2 Å². The molecule has 1 heterocycles. The molecular weight excluding hydrogens is 323 g/mol. The summed E-state index contributed by atoms with van der Waals surface area (Å²) in [5.41, 5.74) is 6.88. The summed E-state index contributed by atoms with van der Waals surface area (Å²) in [6.07, 6.45) is 2.11. The van der Waals surface area contributed by atoms with Gasteiger partial charge in [-0.15, -0.1) is 12.4 Å². The van der Waals surface area contributed by atoms with Gasteiger partial charge in [0.1, 0.15) is 5.75 Å². The maximum atomic E-state index is 12.2. The predicted molar refractivity (Wildman–Crippen MR) is 91.9 cm³/mol. The average molecular weight is 347 g/mol. The molecule has 0 spiro atoms. The highest BCUT2D eigenvalue weighted by molar-refractivity contribution is 6.31. The molecule has 0 saturated carbocycles. The zero-order chi connectivity index (χ0) is 15.4. The van der Waals surface area contributed by atoms with Crippen molar-refractivity contribution >= 4 is 29.9 Å². The Morgan fingerprint density at radius 2 is 2.27 bits per heavy atom. The topological polar surface area (TPSA) is 55.6 Å². The minimum absolute atomic E-state index is 0. The van der Waals surface area contributed by atoms with Gasteiger partial charge in [-0.25, -0.2) is 0 Å². The summed E-state index contributed by atoms with van der Waals surface area (Å²) in [7, 11) is 0. The number of carbonyl (C=O) groups excluding carboxylic acids is 1. The van der Waals surface area contributed by atoms with E-state index in [2.05, 4.69) is 0 Å². The predicted octanol–water partition coefficient (Wildman–Crippen LogP) is 3.03. The highest BCUT2D eigenvalue weighted by atomic mass is 35.5. The van der Waals surface area contributed by atoms with Crippen molar-refractivity contribution in [1.82, 2.24) is 4.90 Å². The SMILES string of the molecule is Cc1cc(OCC(=O)N2CCCC(C(C)N)C2)ccc1Cl.Cl. The summed E-state index contributed by atoms with van der Waals surface area (Å²) < 4.78 is 5.57. The molecule has 1 aliphatic heterocycles. The van der Waals surface area contributed by atoms with Crippen LogP contribution in [0.5, 0.6) is 5.75 Å². The summed E-state index contributed by atoms with van der Waals surface area (Å²) in [6.45, 7) is 5.51. The summed E-state index contributed by atoms with van der Waals surface area (Å²) in [6, 6.07) is 5.53. The fourth-order valence-corrected chi connectivity index (χ4v) is 2.73. The largest absolute Gasteiger partial charge is 0.484 e. The lowest BCUT2D eigenvalue weighted by molar-refractivity contribution is -0.135. The first-order chi connectivity index (χ1) is 9.97. The number of benzene rings is 1. The lowest BCUT2D eigenvalue weighted by atomic mass is 9.92. The zero-order valence-corrected chi connectivity index (χ0v) is 14.6. The molecule has 0 radical (unpaired) electrons. The number of nitrogens with two attached hydrogens (primary N) is 1. The third-order valence-corrected chi connectivity index (χ3v) is 4.47. The molecule has 1 saturated heterocycles. The lowest BCUT2D eigenvalue weighted by Gasteiger charge is -2.34. The fourth-order valence-electron chi connectivity index (χ4n) is 2.61. The van der Waals surface area contributed by atoms with E-state index in [1.165, 1.54) is 0 Å². The van der Waals surface area contributed by atoms with Crippen molar-refractivity contribution < 1.29 is 9.53 Å². The Hall–Kier alpha value is -0.970. The minimum atomic E-state index is 0. The molecule has 0 aliphatic carbocycles. The first-order valence-corrected chi connectivity index (χ1v) is 7.77. The second-order valence-electron chi connectivity index (χ2n) is 5.80. The molecule has 124 valence electrons. The van der Waals surface area contributed by atoms with E-state index in [0.29, 0.717) is 16.7 Å². The number of hydrogen-bond acceptors (Lipinski definition) is 3. The van der Waals surface area contributed by atoms with Gasteiger partial charge in [-0.2, -0.15) is 0 Å². The first kappa shape index (κ1) is 19.1. The van der Waals surface area contributed by atoms with Gasteiger partial charge in [0.2, 0.25) is 0 Å². The van der Waals surface area contributed by atoms with Gasteiger partial charge in [-0.1, -0.05) is 11.6 Å². The first-order valence-electron chi connectivity index (χ1n) is 7.39. The van der Waals surface area contributed by atoms with Gasteiger partial charge < -0.3 is 15.4 Å². The summed E-state index contributed by atoms with van der Waals surface area (Å²) in [4.78, 5) is 14.1. The number of likely N-dealkylation sites (tertiary alicyclic amines) is 1. The molecule has 6 heteroatoms. The molecule has 22 heavy (non-hydrogen) atoms. The van der Waals surface area contributed by atoms with E-state index in [-0.39, 0.29) is 31.0 Å². The Kier molecular flexibility index (Phi) is 7.46. The number of aryl methyl sites for hydroxylation is 1. The lowest BCUT2D eigenvalue weighted by Crippen LogP contribution is -2.46. The van der Waals surface area contributed by atoms with Gasteiger partial charge in [-0.3, -0.25) is 4.79 Å². The molecule has 1 fully saturated rings. The number of halogens is 2. The maximum absolute atomic E-state index is 12.2. The van der Waals surface area contributed by atoms with Gasteiger partial charge >= 0.3 is 0 Å². The van der Waals surface area contributed by atoms with Crippen molar-refractivity contribution in [3.8, 4) is 5.75 Å². The minimum Gasteiger partial charge on any atom is -0.484 e. The Morgan fingerprint density at radius 1 is 1.55 bits per heavy atom. The zero-order valence-electron chi connectivity index (χ0n) is 13.0. The van der Waals surface area contributed by atoms with Crippen LogP contribution < -0.4 is 10.5 Å². The van der Waals surface area contributed by atoms with Crippen molar-refractivity contribution in [2.75, 3.05) is 19.7 Å². The van der Waals surface area contributed by atoms with Gasteiger partial charge in [0.05, 0.1) is 0 Å². The number of ether oxygens (including phenoxy) is 1. The molecule has 2 atom stereocenters. The third-order valence-electron chi connectivity index (χ3n) is 4.05. The standard InChI is InChI=1S/C16H23ClN2O2.ClH/c1-11-8-14(5-6-15(11)17)21-10-16(20)19-7-3-4-13(9-19)12(2)18;/h5-6,8,12-13H,3-4,7,9-10,18H2,1-2H3;1H. The number of hydrogen-bond donors (Lipinski definition) is 1. The number of nitrogens with zero attached hydrogens (tertiary/aromatic N) is 1. The van der Waals surface area contributed by atoms with Gasteiger partial charge in [0, 0.05) is 24.2 Å². The average Bonchev–Trinajstić information content (AvgIpc) is 2.48. The van der Waals surface area contributed by atoms with Crippen LogP contribution in [0.2, 0.25) is 5.02 Å². The van der Waals surface area contributed by atoms with Crippen LogP contribution in [-0.4, -0.2) is 36.5 Å². The quantitative estimate of drug-likeness (QED) is 0.911. The van der Waals surface area contributed by atoms with E-state index >= 15 is 0 Å². The molecule has 0 aromatic heterocycles. The fraction of sp³-hybridized carbons (Fsp3) is 0.562. The number of rotatable bonds is 4. The van der Waals surface area contributed by atoms with Crippen molar-refractivity contribution in [2.24, 2.45) is 11.7 Å². The smallest absolute Gasteiger partial charge is 0.260 e. The van der Waals surface area contributed by atoms with Crippen molar-refractivity contribution in [1.29, 1.82) is 0 Å². The Balaban J connectivity index is 0.00000242. The van der Waals surface area contributed by atoms with Crippen LogP contribution in [0.25, 0.3) is 0 Å². The van der Waals surface area contributed by atoms with Gasteiger partial charge in [0.15, 0.2) is 6.61 Å². The molecule has 1 aromatic carbocycles. The summed E-state index contributed by atoms with van der Waals surface area (Å²) in [5.74, 6) is 1.08. The van der Waals surface area contributed by atoms with Crippen molar-refractivity contribution in [3.63, 3.8) is 0 Å². The van der Waals surface area contributed by atoms with Crippen molar-refractivity contribution in [2.45, 2.75) is 32.7 Å². The van der Waals surface area contributed by atoms with Crippen LogP contribution in [0.3, 0.4) is 0 Å². The molecule has 4 nitrogen and oxygen atoms in total. The molecule has 2 N–H and O–H groups in total. The van der Waals surface area contributed by atoms with Gasteiger partial charge in [-0.05, 0) is 56.4 Å². The van der Waals surface area contributed by atoms with E-state index in [0.717, 1.165) is 31.5 Å². The van der Waals surface area contributed by atoms with E-state index in [1.807, 2.05) is 24.8 Å². The van der Waals surface area contributed by atoms with Crippen molar-refractivity contribution in [3.05, 3.63) is 28.8 Å². The number of amides is 1. The normalized spacial score (nSPS) is 19.3. The Labute approximate surface area is 143 Å². The number of piperidine rings is 1. The van der Waals surface area contributed by atoms with Gasteiger partial charge in [0.25, 0.3) is 5.91 Å². The highest BCUT2D eigenvalue weighted by Crippen LogP contribution is 2.22. The summed E-state index contributed by atoms with van der Waals surface area (Å²) >= 11 is 5.97. The molecule has 2 unspecified atom stereocenters. The molecule has 0 bridgehead atoms. The van der Waals surface area contributed by atoms with E-state index in [9.17, 15) is 4.79 Å². The highest BCUT2D eigenvalue weighted by Gasteiger charge is 2.25. The Morgan fingerprint density at radius 3 is 2.91 bits per heavy atom. The maximum Gasteiger partial charge on any atom is 0.260 e. The molecule has 1 aliphatic rings. The molecule has 2 rings (SSSR count). The van der Waals surface area contributed by atoms with E-state index in [1.54, 1.807) is 12.1 Å². The van der Waals surface area contributed by atoms with Crippen LogP contribution in [0.4, 0.5) is 0 Å². The van der Waals surface area contributed by atoms with Crippen LogP contribution in [-0.2, 0) is 4.79 Å². The monoisotopic (exact) mass is 346 g/mol. The van der Waals surface area contributed by atoms with Crippen LogP contribution in [0, 0.1) is 12.8 Å². The third kappa shape index (κ3) is 5.04. The van der Waals surface area contributed by atoms with E-state index in [4.69, 9.17) is 22.1 Å². The Bertz CT molecular complexity index is 509. The second-order valence-corrected chi connectivity index (χ2v) is 6.21. The molecule has 1 amide bonds. The van der Waals surface area contributed by atoms with Crippen LogP contribution in [0.1, 0.15) is 25.3 Å². The van der Waals surface area contributed by atoms with Crippen LogP contribution >= 0.6 is 24.0 Å². The summed E-state index contributed by atoms with van der Waals surface area (Å²) in [5, 5.41) is 0.699. The molecular formula is C16H24Cl2N2O2. The van der Waals surface area contributed by atoms with E-state index < -0.39 is 0 Å².